The SMILES string of the molecule is NC(=O)c1cccc2c1S2(=O)=O. The number of amides is 1. The molecule has 0 atom stereocenters. The summed E-state index contributed by atoms with van der Waals surface area (Å²) in [4.78, 5) is 11.0. The minimum atomic E-state index is -3.25. The summed E-state index contributed by atoms with van der Waals surface area (Å²) in [7, 11) is -3.25. The minimum absolute atomic E-state index is 0.0903. The van der Waals surface area contributed by atoms with E-state index in [1.165, 1.54) is 18.2 Å². The molecule has 5 heteroatoms. The molecule has 2 rings (SSSR count). The van der Waals surface area contributed by atoms with Crippen molar-refractivity contribution in [2.75, 3.05) is 0 Å². The molecule has 2 N–H and O–H groups in total. The number of primary amides is 1. The number of fused-ring (bicyclic) bond motifs is 1. The van der Waals surface area contributed by atoms with E-state index in [2.05, 4.69) is 0 Å². The zero-order chi connectivity index (χ0) is 8.93. The van der Waals surface area contributed by atoms with Crippen LogP contribution in [0.3, 0.4) is 0 Å². The van der Waals surface area contributed by atoms with Crippen LogP contribution in [0.15, 0.2) is 28.0 Å². The third kappa shape index (κ3) is 0.711. The molecule has 0 bridgehead atoms. The number of nitrogens with two attached hydrogens (primary N) is 1. The molecule has 4 nitrogen and oxygen atoms in total. The molecule has 0 saturated carbocycles. The summed E-state index contributed by atoms with van der Waals surface area (Å²) in [5.41, 5.74) is 5.06. The van der Waals surface area contributed by atoms with Crippen molar-refractivity contribution in [3.63, 3.8) is 0 Å². The number of carbonyl (C=O) groups is 1. The summed E-state index contributed by atoms with van der Waals surface area (Å²) < 4.78 is 22.1. The average Bonchev–Trinajstić information content (AvgIpc) is 2.55. The smallest absolute Gasteiger partial charge is 0.250 e. The van der Waals surface area contributed by atoms with E-state index in [0.717, 1.165) is 0 Å². The van der Waals surface area contributed by atoms with E-state index in [1.54, 1.807) is 0 Å². The number of rotatable bonds is 1. The Morgan fingerprint density at radius 3 is 2.50 bits per heavy atom. The first kappa shape index (κ1) is 7.30. The maximum absolute atomic E-state index is 11.0. The first-order chi connectivity index (χ1) is 5.55. The van der Waals surface area contributed by atoms with Crippen LogP contribution < -0.4 is 5.73 Å². The lowest BCUT2D eigenvalue weighted by atomic mass is 10.2. The molecule has 1 heterocycles. The van der Waals surface area contributed by atoms with Crippen molar-refractivity contribution in [3.05, 3.63) is 23.8 Å². The van der Waals surface area contributed by atoms with Gasteiger partial charge in [0.1, 0.15) is 4.90 Å². The van der Waals surface area contributed by atoms with Gasteiger partial charge in [0.15, 0.2) is 0 Å². The van der Waals surface area contributed by atoms with Crippen LogP contribution in [-0.2, 0) is 9.84 Å². The molecular formula is C7H5NO3S. The topological polar surface area (TPSA) is 77.2 Å². The number of hydrogen-bond acceptors (Lipinski definition) is 3. The normalized spacial score (nSPS) is 16.7. The van der Waals surface area contributed by atoms with E-state index in [1.807, 2.05) is 0 Å². The molecular weight excluding hydrogens is 178 g/mol. The molecule has 1 aliphatic rings. The highest BCUT2D eigenvalue weighted by molar-refractivity contribution is 7.97. The molecule has 1 aromatic rings. The van der Waals surface area contributed by atoms with Gasteiger partial charge in [-0.3, -0.25) is 4.79 Å². The standard InChI is InChI=1S/C7H5NO3S/c8-7(9)4-2-1-3-5-6(4)12(5,10)11/h1-3H,(H2,8,9). The second-order valence-corrected chi connectivity index (χ2v) is 4.36. The molecule has 0 spiro atoms. The first-order valence-electron chi connectivity index (χ1n) is 3.23. The highest BCUT2D eigenvalue weighted by Crippen LogP contribution is 2.42. The van der Waals surface area contributed by atoms with Crippen molar-refractivity contribution in [2.45, 2.75) is 9.79 Å². The molecule has 1 amide bonds. The minimum Gasteiger partial charge on any atom is -0.366 e. The summed E-state index contributed by atoms with van der Waals surface area (Å²) in [6.07, 6.45) is 0. The van der Waals surface area contributed by atoms with Crippen LogP contribution in [0.2, 0.25) is 0 Å². The summed E-state index contributed by atoms with van der Waals surface area (Å²) in [5, 5.41) is 0. The van der Waals surface area contributed by atoms with Gasteiger partial charge in [-0.05, 0) is 12.1 Å². The van der Waals surface area contributed by atoms with Crippen LogP contribution in [0.1, 0.15) is 10.4 Å². The predicted molar refractivity (Wildman–Crippen MR) is 40.4 cm³/mol. The van der Waals surface area contributed by atoms with Gasteiger partial charge in [0.2, 0.25) is 15.7 Å². The monoisotopic (exact) mass is 183 g/mol. The highest BCUT2D eigenvalue weighted by Gasteiger charge is 2.42. The van der Waals surface area contributed by atoms with Gasteiger partial charge in [0, 0.05) is 0 Å². The Kier molecular flexibility index (Phi) is 1.13. The first-order valence-corrected chi connectivity index (χ1v) is 4.71. The highest BCUT2D eigenvalue weighted by atomic mass is 32.2. The maximum Gasteiger partial charge on any atom is 0.250 e. The van der Waals surface area contributed by atoms with Crippen molar-refractivity contribution in [3.8, 4) is 0 Å². The molecule has 0 saturated heterocycles. The van der Waals surface area contributed by atoms with E-state index >= 15 is 0 Å². The number of sulfone groups is 1. The van der Waals surface area contributed by atoms with Gasteiger partial charge in [0.05, 0.1) is 10.5 Å². The fraction of sp³-hybridized carbons (Fsp3) is 0. The molecule has 0 unspecified atom stereocenters. The van der Waals surface area contributed by atoms with Gasteiger partial charge in [0.25, 0.3) is 0 Å². The van der Waals surface area contributed by atoms with Gasteiger partial charge in [-0.2, -0.15) is 0 Å². The maximum atomic E-state index is 11.0. The van der Waals surface area contributed by atoms with E-state index in [4.69, 9.17) is 5.73 Å². The largest absolute Gasteiger partial charge is 0.366 e. The summed E-state index contributed by atoms with van der Waals surface area (Å²) in [6, 6.07) is 4.37. The lowest BCUT2D eigenvalue weighted by Crippen LogP contribution is -2.10. The fourth-order valence-corrected chi connectivity index (χ4v) is 2.67. The Morgan fingerprint density at radius 2 is 2.00 bits per heavy atom. The summed E-state index contributed by atoms with van der Waals surface area (Å²) >= 11 is 0. The Labute approximate surface area is 68.9 Å². The van der Waals surface area contributed by atoms with Crippen LogP contribution in [0.5, 0.6) is 0 Å². The third-order valence-corrected chi connectivity index (χ3v) is 3.45. The van der Waals surface area contributed by atoms with E-state index in [9.17, 15) is 13.2 Å². The lowest BCUT2D eigenvalue weighted by molar-refractivity contribution is 0.0997. The van der Waals surface area contributed by atoms with Gasteiger partial charge >= 0.3 is 0 Å². The van der Waals surface area contributed by atoms with Gasteiger partial charge in [-0.15, -0.1) is 0 Å². The Bertz CT molecular complexity index is 475. The molecule has 1 aliphatic heterocycles. The average molecular weight is 183 g/mol. The third-order valence-electron chi connectivity index (χ3n) is 1.76. The molecule has 0 aromatic heterocycles. The summed E-state index contributed by atoms with van der Waals surface area (Å²) in [6.45, 7) is 0. The number of hydrogen-bond donors (Lipinski definition) is 1. The van der Waals surface area contributed by atoms with Crippen molar-refractivity contribution in [1.29, 1.82) is 0 Å². The fourth-order valence-electron chi connectivity index (χ4n) is 1.15. The predicted octanol–water partition coefficient (Wildman–Crippen LogP) is -0.0683. The molecule has 0 aliphatic carbocycles. The second kappa shape index (κ2) is 1.87. The van der Waals surface area contributed by atoms with E-state index < -0.39 is 15.7 Å². The Morgan fingerprint density at radius 1 is 1.33 bits per heavy atom. The van der Waals surface area contributed by atoms with Crippen LogP contribution in [0.25, 0.3) is 0 Å². The Balaban J connectivity index is 2.75. The van der Waals surface area contributed by atoms with Crippen LogP contribution in [0, 0.1) is 0 Å². The van der Waals surface area contributed by atoms with Crippen molar-refractivity contribution in [1.82, 2.24) is 0 Å². The van der Waals surface area contributed by atoms with Crippen LogP contribution in [-0.4, -0.2) is 14.3 Å². The molecule has 0 fully saturated rings. The molecule has 12 heavy (non-hydrogen) atoms. The molecule has 1 aromatic carbocycles. The molecule has 0 radical (unpaired) electrons. The van der Waals surface area contributed by atoms with E-state index in [-0.39, 0.29) is 15.4 Å². The van der Waals surface area contributed by atoms with Crippen molar-refractivity contribution < 1.29 is 13.2 Å². The quantitative estimate of drug-likeness (QED) is 0.629. The number of carbonyl (C=O) groups excluding carboxylic acids is 1. The van der Waals surface area contributed by atoms with Crippen molar-refractivity contribution in [2.24, 2.45) is 5.73 Å². The zero-order valence-electron chi connectivity index (χ0n) is 5.94. The van der Waals surface area contributed by atoms with Crippen LogP contribution in [0.4, 0.5) is 0 Å². The number of benzene rings is 1. The molecule has 62 valence electrons. The summed E-state index contributed by atoms with van der Waals surface area (Å²) in [5.74, 6) is -0.701. The van der Waals surface area contributed by atoms with Gasteiger partial charge in [-0.1, -0.05) is 6.07 Å². The van der Waals surface area contributed by atoms with Gasteiger partial charge < -0.3 is 5.73 Å². The van der Waals surface area contributed by atoms with Crippen LogP contribution >= 0.6 is 0 Å². The lowest BCUT2D eigenvalue weighted by Gasteiger charge is -1.87. The Hall–Kier alpha value is -1.36. The van der Waals surface area contributed by atoms with Gasteiger partial charge in [-0.25, -0.2) is 8.42 Å². The zero-order valence-corrected chi connectivity index (χ0v) is 6.76. The van der Waals surface area contributed by atoms with Crippen molar-refractivity contribution >= 4 is 15.7 Å². The van der Waals surface area contributed by atoms with E-state index in [0.29, 0.717) is 0 Å². The second-order valence-electron chi connectivity index (χ2n) is 2.50.